The van der Waals surface area contributed by atoms with Crippen LogP contribution in [0.2, 0.25) is 0 Å². The van der Waals surface area contributed by atoms with Crippen LogP contribution in [0.4, 0.5) is 0 Å². The van der Waals surface area contributed by atoms with E-state index in [9.17, 15) is 0 Å². The molecule has 5 heteroatoms. The number of unbranched alkanes of at least 4 members (excludes halogenated alkanes) is 1. The summed E-state index contributed by atoms with van der Waals surface area (Å²) in [5, 5.41) is 8.87. The largest absolute Gasteiger partial charge is 0.356 e. The molecule has 0 aromatic carbocycles. The zero-order valence-corrected chi connectivity index (χ0v) is 14.5. The number of aliphatic imine (C=N–C) groups is 1. The van der Waals surface area contributed by atoms with Gasteiger partial charge in [-0.1, -0.05) is 19.9 Å². The van der Waals surface area contributed by atoms with Gasteiger partial charge in [0.25, 0.3) is 0 Å². The summed E-state index contributed by atoms with van der Waals surface area (Å²) in [6.07, 6.45) is 3.48. The maximum absolute atomic E-state index is 4.26. The summed E-state index contributed by atoms with van der Waals surface area (Å²) in [6.45, 7) is 9.85. The number of nitrogens with zero attached hydrogens (tertiary/aromatic N) is 2. The molecule has 2 N–H and O–H groups in total. The highest BCUT2D eigenvalue weighted by molar-refractivity contribution is 7.09. The molecule has 21 heavy (non-hydrogen) atoms. The van der Waals surface area contributed by atoms with E-state index in [2.05, 4.69) is 51.9 Å². The fraction of sp³-hybridized carbons (Fsp3) is 0.688. The molecule has 1 rings (SSSR count). The summed E-state index contributed by atoms with van der Waals surface area (Å²) < 4.78 is 0. The van der Waals surface area contributed by atoms with Gasteiger partial charge in [0.05, 0.1) is 0 Å². The molecule has 0 amide bonds. The van der Waals surface area contributed by atoms with Gasteiger partial charge in [-0.3, -0.25) is 4.99 Å². The molecule has 0 bridgehead atoms. The third kappa shape index (κ3) is 8.07. The predicted octanol–water partition coefficient (Wildman–Crippen LogP) is 2.58. The third-order valence-electron chi connectivity index (χ3n) is 3.56. The summed E-state index contributed by atoms with van der Waals surface area (Å²) in [5.74, 6) is 0.911. The third-order valence-corrected chi connectivity index (χ3v) is 4.49. The lowest BCUT2D eigenvalue weighted by Gasteiger charge is -2.18. The Balaban J connectivity index is 2.06. The Labute approximate surface area is 133 Å². The van der Waals surface area contributed by atoms with E-state index in [4.69, 9.17) is 0 Å². The molecule has 1 aromatic heterocycles. The van der Waals surface area contributed by atoms with E-state index in [1.165, 1.54) is 24.3 Å². The van der Waals surface area contributed by atoms with E-state index < -0.39 is 0 Å². The standard InChI is InChI=1S/C16H30N4S/c1-4-20(5-2)13-7-6-11-18-16(17-3)19-12-10-15-9-8-14-21-15/h8-9,14H,4-7,10-13H2,1-3H3,(H2,17,18,19). The van der Waals surface area contributed by atoms with Crippen LogP contribution < -0.4 is 10.6 Å². The molecule has 0 aliphatic heterocycles. The average molecular weight is 311 g/mol. The highest BCUT2D eigenvalue weighted by atomic mass is 32.1. The normalized spacial score (nSPS) is 11.9. The molecule has 1 aromatic rings. The van der Waals surface area contributed by atoms with Gasteiger partial charge in [-0.05, 0) is 50.3 Å². The second kappa shape index (κ2) is 11.6. The lowest BCUT2D eigenvalue weighted by atomic mass is 10.3. The predicted molar refractivity (Wildman–Crippen MR) is 94.4 cm³/mol. The Morgan fingerprint density at radius 2 is 1.95 bits per heavy atom. The maximum atomic E-state index is 4.26. The number of thiophene rings is 1. The van der Waals surface area contributed by atoms with Crippen LogP contribution in [0.15, 0.2) is 22.5 Å². The topological polar surface area (TPSA) is 39.7 Å². The monoisotopic (exact) mass is 310 g/mol. The Kier molecular flexibility index (Phi) is 9.91. The van der Waals surface area contributed by atoms with Crippen molar-refractivity contribution >= 4 is 17.3 Å². The lowest BCUT2D eigenvalue weighted by Crippen LogP contribution is -2.38. The molecule has 0 spiro atoms. The van der Waals surface area contributed by atoms with Crippen LogP contribution in [0.25, 0.3) is 0 Å². The fourth-order valence-corrected chi connectivity index (χ4v) is 2.90. The van der Waals surface area contributed by atoms with Crippen molar-refractivity contribution < 1.29 is 0 Å². The fourth-order valence-electron chi connectivity index (χ4n) is 2.19. The molecule has 1 heterocycles. The summed E-state index contributed by atoms with van der Waals surface area (Å²) in [4.78, 5) is 8.14. The van der Waals surface area contributed by atoms with Crippen LogP contribution in [0.1, 0.15) is 31.6 Å². The highest BCUT2D eigenvalue weighted by Crippen LogP contribution is 2.07. The zero-order valence-electron chi connectivity index (χ0n) is 13.7. The second-order valence-electron chi connectivity index (χ2n) is 4.99. The Hall–Kier alpha value is -1.07. The first-order chi connectivity index (χ1) is 10.3. The van der Waals surface area contributed by atoms with Crippen molar-refractivity contribution in [1.29, 1.82) is 0 Å². The van der Waals surface area contributed by atoms with Crippen molar-refractivity contribution in [3.8, 4) is 0 Å². The summed E-state index contributed by atoms with van der Waals surface area (Å²) >= 11 is 1.81. The van der Waals surface area contributed by atoms with Crippen LogP contribution >= 0.6 is 11.3 Å². The van der Waals surface area contributed by atoms with E-state index in [-0.39, 0.29) is 0 Å². The molecule has 0 aliphatic carbocycles. The van der Waals surface area contributed by atoms with Crippen LogP contribution in [0.5, 0.6) is 0 Å². The zero-order chi connectivity index (χ0) is 15.3. The molecular formula is C16H30N4S. The first-order valence-corrected chi connectivity index (χ1v) is 8.87. The Morgan fingerprint density at radius 3 is 2.57 bits per heavy atom. The first-order valence-electron chi connectivity index (χ1n) is 7.99. The lowest BCUT2D eigenvalue weighted by molar-refractivity contribution is 0.297. The number of hydrogen-bond acceptors (Lipinski definition) is 3. The van der Waals surface area contributed by atoms with Gasteiger partial charge < -0.3 is 15.5 Å². The average Bonchev–Trinajstić information content (AvgIpc) is 3.02. The van der Waals surface area contributed by atoms with Gasteiger partial charge in [0.1, 0.15) is 0 Å². The van der Waals surface area contributed by atoms with Gasteiger partial charge in [-0.2, -0.15) is 0 Å². The minimum absolute atomic E-state index is 0.911. The first kappa shape index (κ1) is 18.0. The minimum Gasteiger partial charge on any atom is -0.356 e. The van der Waals surface area contributed by atoms with Crippen molar-refractivity contribution in [3.63, 3.8) is 0 Å². The number of rotatable bonds is 10. The molecule has 0 saturated carbocycles. The van der Waals surface area contributed by atoms with E-state index in [0.717, 1.165) is 38.6 Å². The molecule has 0 aliphatic rings. The summed E-state index contributed by atoms with van der Waals surface area (Å²) in [7, 11) is 1.83. The number of hydrogen-bond donors (Lipinski definition) is 2. The Bertz CT molecular complexity index is 372. The summed E-state index contributed by atoms with van der Waals surface area (Å²) in [5.41, 5.74) is 0. The second-order valence-corrected chi connectivity index (χ2v) is 6.02. The molecule has 0 radical (unpaired) electrons. The van der Waals surface area contributed by atoms with Crippen molar-refractivity contribution in [2.75, 3.05) is 39.8 Å². The molecule has 0 unspecified atom stereocenters. The van der Waals surface area contributed by atoms with E-state index in [0.29, 0.717) is 0 Å². The van der Waals surface area contributed by atoms with E-state index in [1.807, 2.05) is 18.4 Å². The van der Waals surface area contributed by atoms with Crippen LogP contribution in [0.3, 0.4) is 0 Å². The van der Waals surface area contributed by atoms with Crippen molar-refractivity contribution in [3.05, 3.63) is 22.4 Å². The summed E-state index contributed by atoms with van der Waals surface area (Å²) in [6, 6.07) is 4.28. The van der Waals surface area contributed by atoms with Crippen molar-refractivity contribution in [2.45, 2.75) is 33.1 Å². The minimum atomic E-state index is 0.911. The Morgan fingerprint density at radius 1 is 1.19 bits per heavy atom. The van der Waals surface area contributed by atoms with Gasteiger partial charge in [0.15, 0.2) is 5.96 Å². The van der Waals surface area contributed by atoms with E-state index in [1.54, 1.807) is 0 Å². The molecule has 120 valence electrons. The van der Waals surface area contributed by atoms with Gasteiger partial charge in [-0.15, -0.1) is 11.3 Å². The molecule has 0 fully saturated rings. The van der Waals surface area contributed by atoms with Crippen molar-refractivity contribution in [1.82, 2.24) is 15.5 Å². The highest BCUT2D eigenvalue weighted by Gasteiger charge is 2.00. The number of nitrogens with one attached hydrogen (secondary N) is 2. The van der Waals surface area contributed by atoms with Gasteiger partial charge in [0.2, 0.25) is 0 Å². The van der Waals surface area contributed by atoms with Crippen LogP contribution in [-0.2, 0) is 6.42 Å². The quantitative estimate of drug-likeness (QED) is 0.396. The molecule has 0 atom stereocenters. The van der Waals surface area contributed by atoms with Gasteiger partial charge in [0, 0.05) is 25.0 Å². The van der Waals surface area contributed by atoms with Crippen LogP contribution in [-0.4, -0.2) is 50.6 Å². The van der Waals surface area contributed by atoms with E-state index >= 15 is 0 Å². The van der Waals surface area contributed by atoms with Crippen molar-refractivity contribution in [2.24, 2.45) is 4.99 Å². The molecule has 4 nitrogen and oxygen atoms in total. The smallest absolute Gasteiger partial charge is 0.190 e. The molecule has 0 saturated heterocycles. The SMILES string of the molecule is CCN(CC)CCCCNC(=NC)NCCc1cccs1. The maximum Gasteiger partial charge on any atom is 0.190 e. The van der Waals surface area contributed by atoms with Gasteiger partial charge >= 0.3 is 0 Å². The molecular weight excluding hydrogens is 280 g/mol. The van der Waals surface area contributed by atoms with Gasteiger partial charge in [-0.25, -0.2) is 0 Å². The number of guanidine groups is 1. The van der Waals surface area contributed by atoms with Crippen LogP contribution in [0, 0.1) is 0 Å².